The molecule has 1 atom stereocenters. The van der Waals surface area contributed by atoms with Gasteiger partial charge in [-0.15, -0.1) is 13.2 Å². The number of nitrogens with zero attached hydrogens (tertiary/aromatic N) is 3. The fourth-order valence-corrected chi connectivity index (χ4v) is 6.87. The highest BCUT2D eigenvalue weighted by Gasteiger charge is 2.47. The van der Waals surface area contributed by atoms with Crippen molar-refractivity contribution in [1.82, 2.24) is 14.5 Å². The number of benzene rings is 2. The summed E-state index contributed by atoms with van der Waals surface area (Å²) in [7, 11) is -3.85. The number of carbonyl (C=O) groups is 2. The molecule has 14 heteroatoms. The van der Waals surface area contributed by atoms with Gasteiger partial charge in [0.25, 0.3) is 11.8 Å². The van der Waals surface area contributed by atoms with E-state index in [1.54, 1.807) is 17.0 Å². The van der Waals surface area contributed by atoms with Crippen molar-refractivity contribution in [3.05, 3.63) is 69.6 Å². The maximum absolute atomic E-state index is 13.2. The monoisotopic (exact) mass is 619 g/mol. The lowest BCUT2D eigenvalue weighted by atomic mass is 9.89. The van der Waals surface area contributed by atoms with Crippen LogP contribution >= 0.6 is 0 Å². The molecule has 0 aliphatic carbocycles. The molecule has 1 spiro atoms. The van der Waals surface area contributed by atoms with E-state index in [2.05, 4.69) is 15.0 Å². The highest BCUT2D eigenvalue weighted by molar-refractivity contribution is 7.92. The van der Waals surface area contributed by atoms with E-state index in [1.165, 1.54) is 22.5 Å². The minimum Gasteiger partial charge on any atom is -0.406 e. The van der Waals surface area contributed by atoms with Crippen molar-refractivity contribution in [2.24, 2.45) is 10.7 Å². The molecule has 230 valence electrons. The minimum absolute atomic E-state index is 0.0253. The van der Waals surface area contributed by atoms with Crippen molar-refractivity contribution in [3.63, 3.8) is 0 Å². The number of amides is 2. The van der Waals surface area contributed by atoms with E-state index in [9.17, 15) is 31.2 Å². The molecule has 3 N–H and O–H groups in total. The number of amidine groups is 1. The second-order valence-electron chi connectivity index (χ2n) is 11.1. The largest absolute Gasteiger partial charge is 0.573 e. The minimum atomic E-state index is -4.87. The summed E-state index contributed by atoms with van der Waals surface area (Å²) in [6.07, 6.45) is -2.40. The third-order valence-corrected chi connectivity index (χ3v) is 9.56. The van der Waals surface area contributed by atoms with Crippen LogP contribution in [0.1, 0.15) is 51.9 Å². The SMILES string of the molecule is Cc1cc(C(=O)N2CCC(N)C2)cc(C)c1C=CS(=O)(=O)N1CCC2(CC1)N=C(c1cccc(OC(F)(F)F)c1)NC2=O. The molecule has 0 saturated carbocycles. The molecule has 3 aliphatic rings. The highest BCUT2D eigenvalue weighted by atomic mass is 32.2. The number of hydrogen-bond donors (Lipinski definition) is 2. The van der Waals surface area contributed by atoms with Crippen molar-refractivity contribution < 1.29 is 35.9 Å². The van der Waals surface area contributed by atoms with Gasteiger partial charge in [0.1, 0.15) is 17.1 Å². The zero-order valence-electron chi connectivity index (χ0n) is 23.6. The van der Waals surface area contributed by atoms with Crippen LogP contribution in [0.4, 0.5) is 13.2 Å². The summed E-state index contributed by atoms with van der Waals surface area (Å²) in [6.45, 7) is 4.79. The number of piperidine rings is 1. The molecular weight excluding hydrogens is 587 g/mol. The Morgan fingerprint density at radius 1 is 1.14 bits per heavy atom. The molecule has 2 fully saturated rings. The highest BCUT2D eigenvalue weighted by Crippen LogP contribution is 2.33. The van der Waals surface area contributed by atoms with E-state index in [0.717, 1.165) is 35.1 Å². The molecule has 2 aromatic carbocycles. The van der Waals surface area contributed by atoms with E-state index in [4.69, 9.17) is 5.73 Å². The van der Waals surface area contributed by atoms with Crippen LogP contribution in [0.3, 0.4) is 0 Å². The zero-order chi connectivity index (χ0) is 31.2. The third kappa shape index (κ3) is 6.60. The van der Waals surface area contributed by atoms with E-state index in [1.807, 2.05) is 13.8 Å². The number of halogens is 3. The summed E-state index contributed by atoms with van der Waals surface area (Å²) >= 11 is 0. The van der Waals surface area contributed by atoms with Crippen LogP contribution in [0.2, 0.25) is 0 Å². The second-order valence-corrected chi connectivity index (χ2v) is 12.9. The van der Waals surface area contributed by atoms with Crippen molar-refractivity contribution >= 4 is 33.7 Å². The van der Waals surface area contributed by atoms with Crippen LogP contribution in [0, 0.1) is 13.8 Å². The van der Waals surface area contributed by atoms with Gasteiger partial charge in [-0.3, -0.25) is 14.6 Å². The van der Waals surface area contributed by atoms with E-state index >= 15 is 0 Å². The number of nitrogens with two attached hydrogens (primary N) is 1. The molecule has 3 aliphatic heterocycles. The first kappa shape index (κ1) is 30.7. The van der Waals surface area contributed by atoms with Crippen LogP contribution in [0.5, 0.6) is 5.75 Å². The number of sulfonamides is 1. The first-order valence-electron chi connectivity index (χ1n) is 13.8. The van der Waals surface area contributed by atoms with Gasteiger partial charge in [0, 0.05) is 48.8 Å². The first-order chi connectivity index (χ1) is 20.2. The van der Waals surface area contributed by atoms with Crippen molar-refractivity contribution in [2.45, 2.75) is 51.1 Å². The maximum Gasteiger partial charge on any atom is 0.573 e. The number of ether oxygens (including phenoxy) is 1. The summed E-state index contributed by atoms with van der Waals surface area (Å²) in [4.78, 5) is 32.0. The van der Waals surface area contributed by atoms with Crippen LogP contribution in [-0.2, 0) is 14.8 Å². The molecule has 2 amide bonds. The normalized spacial score (nSPS) is 21.0. The van der Waals surface area contributed by atoms with E-state index in [-0.39, 0.29) is 49.3 Å². The quantitative estimate of drug-likeness (QED) is 0.511. The summed E-state index contributed by atoms with van der Waals surface area (Å²) in [5, 5.41) is 3.75. The van der Waals surface area contributed by atoms with Crippen molar-refractivity contribution in [3.8, 4) is 5.75 Å². The molecule has 0 bridgehead atoms. The Balaban J connectivity index is 1.26. The molecule has 1 unspecified atom stereocenters. The number of aryl methyl sites for hydroxylation is 2. The molecule has 43 heavy (non-hydrogen) atoms. The van der Waals surface area contributed by atoms with E-state index in [0.29, 0.717) is 24.2 Å². The van der Waals surface area contributed by atoms with Gasteiger partial charge in [-0.05, 0) is 80.1 Å². The molecule has 10 nitrogen and oxygen atoms in total. The fourth-order valence-electron chi connectivity index (χ4n) is 5.70. The summed E-state index contributed by atoms with van der Waals surface area (Å²) in [5.41, 5.74) is 7.68. The Bertz CT molecular complexity index is 1590. The molecule has 5 rings (SSSR count). The molecular formula is C29H32F3N5O5S. The Hall–Kier alpha value is -3.75. The van der Waals surface area contributed by atoms with Gasteiger partial charge in [-0.25, -0.2) is 8.42 Å². The molecule has 2 saturated heterocycles. The summed E-state index contributed by atoms with van der Waals surface area (Å²) in [6, 6.07) is 8.59. The Morgan fingerprint density at radius 3 is 2.42 bits per heavy atom. The average molecular weight is 620 g/mol. The summed E-state index contributed by atoms with van der Waals surface area (Å²) in [5.74, 6) is -0.879. The predicted molar refractivity (Wildman–Crippen MR) is 154 cm³/mol. The van der Waals surface area contributed by atoms with Gasteiger partial charge >= 0.3 is 6.36 Å². The topological polar surface area (TPSA) is 134 Å². The van der Waals surface area contributed by atoms with Gasteiger partial charge in [0.2, 0.25) is 10.0 Å². The van der Waals surface area contributed by atoms with Gasteiger partial charge < -0.3 is 20.7 Å². The smallest absolute Gasteiger partial charge is 0.406 e. The lowest BCUT2D eigenvalue weighted by Gasteiger charge is -2.34. The van der Waals surface area contributed by atoms with Gasteiger partial charge in [-0.2, -0.15) is 4.31 Å². The maximum atomic E-state index is 13.2. The number of likely N-dealkylation sites (tertiary alicyclic amines) is 1. The lowest BCUT2D eigenvalue weighted by molar-refractivity contribution is -0.274. The fraction of sp³-hybridized carbons (Fsp3) is 0.414. The van der Waals surface area contributed by atoms with Crippen molar-refractivity contribution in [2.75, 3.05) is 26.2 Å². The molecule has 3 heterocycles. The molecule has 0 aromatic heterocycles. The number of nitrogens with one attached hydrogen (secondary N) is 1. The molecule has 2 aromatic rings. The predicted octanol–water partition coefficient (Wildman–Crippen LogP) is 3.09. The number of alkyl halides is 3. The molecule has 0 radical (unpaired) electrons. The Kier molecular flexibility index (Phi) is 8.13. The average Bonchev–Trinajstić information content (AvgIpc) is 3.50. The Morgan fingerprint density at radius 2 is 1.81 bits per heavy atom. The zero-order valence-corrected chi connectivity index (χ0v) is 24.5. The van der Waals surface area contributed by atoms with Gasteiger partial charge in [0.15, 0.2) is 0 Å². The van der Waals surface area contributed by atoms with Crippen molar-refractivity contribution in [1.29, 1.82) is 0 Å². The second kappa shape index (κ2) is 11.4. The number of rotatable bonds is 6. The van der Waals surface area contributed by atoms with Gasteiger partial charge in [-0.1, -0.05) is 12.1 Å². The third-order valence-electron chi connectivity index (χ3n) is 7.99. The van der Waals surface area contributed by atoms with Gasteiger partial charge in [0.05, 0.1) is 0 Å². The standard InChI is InChI=1S/C29H32F3N5O5S/c1-18-14-21(26(38)36-10-6-22(33)17-36)15-19(2)24(18)7-13-43(40,41)37-11-8-28(9-12-37)27(39)34-25(35-28)20-4-3-5-23(16-20)42-29(30,31)32/h3-5,7,13-16,22H,6,8-12,17,33H2,1-2H3,(H,34,35,39). The van der Waals surface area contributed by atoms with Crippen LogP contribution < -0.4 is 15.8 Å². The van der Waals surface area contributed by atoms with Crippen LogP contribution in [0.25, 0.3) is 6.08 Å². The number of carbonyl (C=O) groups excluding carboxylic acids is 2. The number of aliphatic imine (C=N–C) groups is 1. The number of hydrogen-bond acceptors (Lipinski definition) is 7. The lowest BCUT2D eigenvalue weighted by Crippen LogP contribution is -2.50. The van der Waals surface area contributed by atoms with E-state index < -0.39 is 33.6 Å². The van der Waals surface area contributed by atoms with Crippen LogP contribution in [0.15, 0.2) is 46.8 Å². The Labute approximate surface area is 247 Å². The summed E-state index contributed by atoms with van der Waals surface area (Å²) < 4.78 is 69.5. The van der Waals surface area contributed by atoms with Crippen LogP contribution in [-0.4, -0.2) is 79.4 Å². The first-order valence-corrected chi connectivity index (χ1v) is 15.3.